The number of likely N-dealkylation sites (tertiary alicyclic amines) is 1. The number of hydrogen-bond acceptors (Lipinski definition) is 3. The van der Waals surface area contributed by atoms with Crippen LogP contribution in [0.2, 0.25) is 0 Å². The summed E-state index contributed by atoms with van der Waals surface area (Å²) in [6.07, 6.45) is 0.136. The van der Waals surface area contributed by atoms with Crippen molar-refractivity contribution < 1.29 is 14.4 Å². The predicted octanol–water partition coefficient (Wildman–Crippen LogP) is 2.82. The predicted molar refractivity (Wildman–Crippen MR) is 104 cm³/mol. The topological polar surface area (TPSA) is 78.5 Å². The molecule has 2 aromatic carbocycles. The van der Waals surface area contributed by atoms with Gasteiger partial charge in [0.05, 0.1) is 12.0 Å². The molecule has 1 aliphatic heterocycles. The number of nitrogens with zero attached hydrogens (tertiary/aromatic N) is 1. The molecule has 0 aliphatic carbocycles. The Morgan fingerprint density at radius 1 is 1.07 bits per heavy atom. The maximum atomic E-state index is 12.4. The molecule has 1 fully saturated rings. The van der Waals surface area contributed by atoms with E-state index in [1.807, 2.05) is 37.3 Å². The number of carbonyl (C=O) groups is 3. The molecule has 1 heterocycles. The van der Waals surface area contributed by atoms with Crippen LogP contribution in [0.1, 0.15) is 35.3 Å². The van der Waals surface area contributed by atoms with E-state index in [1.54, 1.807) is 29.2 Å². The Balaban J connectivity index is 1.56. The van der Waals surface area contributed by atoms with Crippen molar-refractivity contribution in [2.45, 2.75) is 19.4 Å². The number of hydrazine groups is 1. The number of amides is 3. The van der Waals surface area contributed by atoms with E-state index in [2.05, 4.69) is 26.8 Å². The summed E-state index contributed by atoms with van der Waals surface area (Å²) in [6.45, 7) is 2.28. The number of carbonyl (C=O) groups excluding carboxylic acids is 3. The molecule has 3 amide bonds. The average Bonchev–Trinajstić information content (AvgIpc) is 3.08. The Kier molecular flexibility index (Phi) is 5.91. The largest absolute Gasteiger partial charge is 0.335 e. The zero-order valence-corrected chi connectivity index (χ0v) is 16.4. The van der Waals surface area contributed by atoms with E-state index in [4.69, 9.17) is 0 Å². The van der Waals surface area contributed by atoms with E-state index in [0.29, 0.717) is 12.1 Å². The van der Waals surface area contributed by atoms with E-state index in [9.17, 15) is 14.4 Å². The third-order valence-corrected chi connectivity index (χ3v) is 5.21. The molecule has 3 rings (SSSR count). The fraction of sp³-hybridized carbons (Fsp3) is 0.250. The maximum absolute atomic E-state index is 12.4. The summed E-state index contributed by atoms with van der Waals surface area (Å²) in [5.74, 6) is -1.33. The second kappa shape index (κ2) is 8.35. The highest BCUT2D eigenvalue weighted by Crippen LogP contribution is 2.28. The minimum Gasteiger partial charge on any atom is -0.335 e. The van der Waals surface area contributed by atoms with Crippen LogP contribution in [0.3, 0.4) is 0 Å². The first-order valence-electron chi connectivity index (χ1n) is 8.66. The van der Waals surface area contributed by atoms with E-state index in [-0.39, 0.29) is 24.3 Å². The number of nitrogens with one attached hydrogen (secondary N) is 2. The Bertz CT molecular complexity index is 839. The maximum Gasteiger partial charge on any atom is 0.269 e. The Labute approximate surface area is 166 Å². The molecule has 0 unspecified atom stereocenters. The van der Waals surface area contributed by atoms with Crippen molar-refractivity contribution in [2.75, 3.05) is 6.54 Å². The van der Waals surface area contributed by atoms with Crippen molar-refractivity contribution >= 4 is 33.7 Å². The van der Waals surface area contributed by atoms with Gasteiger partial charge in [-0.25, -0.2) is 0 Å². The van der Waals surface area contributed by atoms with Gasteiger partial charge in [0.25, 0.3) is 5.91 Å². The zero-order chi connectivity index (χ0) is 19.4. The second-order valence-corrected chi connectivity index (χ2v) is 7.40. The number of halogens is 1. The lowest BCUT2D eigenvalue weighted by Gasteiger charge is -2.25. The molecule has 1 aliphatic rings. The van der Waals surface area contributed by atoms with Crippen molar-refractivity contribution in [1.82, 2.24) is 15.8 Å². The molecule has 6 nitrogen and oxygen atoms in total. The van der Waals surface area contributed by atoms with Crippen LogP contribution in [0.4, 0.5) is 0 Å². The van der Waals surface area contributed by atoms with Crippen molar-refractivity contribution in [3.8, 4) is 0 Å². The summed E-state index contributed by atoms with van der Waals surface area (Å²) < 4.78 is 0.861. The van der Waals surface area contributed by atoms with Gasteiger partial charge >= 0.3 is 0 Å². The van der Waals surface area contributed by atoms with Crippen LogP contribution in [-0.2, 0) is 9.59 Å². The summed E-state index contributed by atoms with van der Waals surface area (Å²) in [5, 5.41) is 0. The molecule has 0 aromatic heterocycles. The van der Waals surface area contributed by atoms with Crippen LogP contribution in [-0.4, -0.2) is 29.2 Å². The first-order chi connectivity index (χ1) is 13.0. The van der Waals surface area contributed by atoms with Crippen LogP contribution in [0, 0.1) is 5.92 Å². The van der Waals surface area contributed by atoms with Gasteiger partial charge in [-0.2, -0.15) is 0 Å². The molecular weight excluding hydrogens is 410 g/mol. The smallest absolute Gasteiger partial charge is 0.269 e. The van der Waals surface area contributed by atoms with Crippen molar-refractivity contribution in [3.63, 3.8) is 0 Å². The van der Waals surface area contributed by atoms with Gasteiger partial charge in [0, 0.05) is 23.0 Å². The Morgan fingerprint density at radius 3 is 2.41 bits per heavy atom. The lowest BCUT2D eigenvalue weighted by molar-refractivity contribution is -0.130. The highest BCUT2D eigenvalue weighted by atomic mass is 79.9. The highest BCUT2D eigenvalue weighted by Gasteiger charge is 2.37. The van der Waals surface area contributed by atoms with Crippen LogP contribution in [0.15, 0.2) is 59.1 Å². The van der Waals surface area contributed by atoms with Gasteiger partial charge in [-0.3, -0.25) is 25.2 Å². The highest BCUT2D eigenvalue weighted by molar-refractivity contribution is 9.10. The summed E-state index contributed by atoms with van der Waals surface area (Å²) in [6, 6.07) is 16.4. The van der Waals surface area contributed by atoms with Crippen LogP contribution < -0.4 is 10.9 Å². The summed E-state index contributed by atoms with van der Waals surface area (Å²) in [7, 11) is 0. The first kappa shape index (κ1) is 19.1. The molecule has 2 aromatic rings. The summed E-state index contributed by atoms with van der Waals surface area (Å²) in [5.41, 5.74) is 6.28. The lowest BCUT2D eigenvalue weighted by atomic mass is 10.1. The van der Waals surface area contributed by atoms with Gasteiger partial charge in [0.15, 0.2) is 0 Å². The fourth-order valence-corrected chi connectivity index (χ4v) is 3.35. The third kappa shape index (κ3) is 4.54. The molecule has 0 saturated carbocycles. The monoisotopic (exact) mass is 429 g/mol. The summed E-state index contributed by atoms with van der Waals surface area (Å²) in [4.78, 5) is 38.5. The van der Waals surface area contributed by atoms with Gasteiger partial charge in [0.2, 0.25) is 11.8 Å². The fourth-order valence-electron chi connectivity index (χ4n) is 3.09. The zero-order valence-electron chi connectivity index (χ0n) is 14.8. The second-order valence-electron chi connectivity index (χ2n) is 6.48. The van der Waals surface area contributed by atoms with Crippen molar-refractivity contribution in [1.29, 1.82) is 0 Å². The number of hydrogen-bond donors (Lipinski definition) is 2. The quantitative estimate of drug-likeness (QED) is 0.733. The molecule has 0 bridgehead atoms. The molecule has 2 N–H and O–H groups in total. The number of benzene rings is 2. The Hall–Kier alpha value is -2.67. The van der Waals surface area contributed by atoms with Crippen LogP contribution in [0.25, 0.3) is 0 Å². The SMILES string of the molecule is C[C@@H](c1ccccc1)N1C[C@H](C(=O)NNC(=O)c2ccc(Br)cc2)CC1=O. The molecule has 7 heteroatoms. The van der Waals surface area contributed by atoms with E-state index in [0.717, 1.165) is 10.0 Å². The molecule has 27 heavy (non-hydrogen) atoms. The molecular formula is C20H20BrN3O3. The molecule has 2 atom stereocenters. The minimum absolute atomic E-state index is 0.0641. The first-order valence-corrected chi connectivity index (χ1v) is 9.45. The minimum atomic E-state index is -0.492. The standard InChI is InChI=1S/C20H20BrN3O3/c1-13(14-5-3-2-4-6-14)24-12-16(11-18(24)25)20(27)23-22-19(26)15-7-9-17(21)10-8-15/h2-10,13,16H,11-12H2,1H3,(H,22,26)(H,23,27)/t13-,16+/m0/s1. The molecule has 1 saturated heterocycles. The summed E-state index contributed by atoms with van der Waals surface area (Å²) >= 11 is 3.30. The molecule has 140 valence electrons. The van der Waals surface area contributed by atoms with Gasteiger partial charge in [-0.15, -0.1) is 0 Å². The van der Waals surface area contributed by atoms with E-state index in [1.165, 1.54) is 0 Å². The number of rotatable bonds is 4. The lowest BCUT2D eigenvalue weighted by Crippen LogP contribution is -2.45. The van der Waals surface area contributed by atoms with Gasteiger partial charge in [-0.1, -0.05) is 46.3 Å². The van der Waals surface area contributed by atoms with Gasteiger partial charge < -0.3 is 4.90 Å². The van der Waals surface area contributed by atoms with Crippen molar-refractivity contribution in [2.24, 2.45) is 5.92 Å². The molecule has 0 radical (unpaired) electrons. The van der Waals surface area contributed by atoms with E-state index < -0.39 is 11.8 Å². The van der Waals surface area contributed by atoms with Gasteiger partial charge in [0.1, 0.15) is 0 Å². The van der Waals surface area contributed by atoms with Crippen LogP contribution in [0.5, 0.6) is 0 Å². The van der Waals surface area contributed by atoms with Gasteiger partial charge in [-0.05, 0) is 36.8 Å². The molecule has 0 spiro atoms. The van der Waals surface area contributed by atoms with Crippen molar-refractivity contribution in [3.05, 3.63) is 70.2 Å². The average molecular weight is 430 g/mol. The normalized spacial score (nSPS) is 17.5. The van der Waals surface area contributed by atoms with Crippen LogP contribution >= 0.6 is 15.9 Å². The third-order valence-electron chi connectivity index (χ3n) is 4.68. The Morgan fingerprint density at radius 2 is 1.74 bits per heavy atom. The van der Waals surface area contributed by atoms with E-state index >= 15 is 0 Å².